The number of piperidine rings is 1. The molecule has 1 aliphatic rings. The summed E-state index contributed by atoms with van der Waals surface area (Å²) in [4.78, 5) is 25.8. The van der Waals surface area contributed by atoms with Crippen LogP contribution in [0.15, 0.2) is 0 Å². The standard InChI is InChI=1S/C15H28N2O4/c1-11(2)8-13(15(20)21-3)16-14(19)9-17-7-5-4-6-12(17)10-18/h11-13,18H,4-10H2,1-3H3,(H,16,19). The van der Waals surface area contributed by atoms with Gasteiger partial charge in [0.1, 0.15) is 6.04 Å². The summed E-state index contributed by atoms with van der Waals surface area (Å²) >= 11 is 0. The predicted octanol–water partition coefficient (Wildman–Crippen LogP) is 0.537. The summed E-state index contributed by atoms with van der Waals surface area (Å²) in [5.41, 5.74) is 0. The molecule has 0 bridgehead atoms. The second-order valence-corrected chi connectivity index (χ2v) is 6.08. The lowest BCUT2D eigenvalue weighted by molar-refractivity contribution is -0.145. The summed E-state index contributed by atoms with van der Waals surface area (Å²) in [6.07, 6.45) is 3.59. The van der Waals surface area contributed by atoms with Gasteiger partial charge in [-0.2, -0.15) is 0 Å². The minimum Gasteiger partial charge on any atom is -0.467 e. The molecular weight excluding hydrogens is 272 g/mol. The molecule has 6 nitrogen and oxygen atoms in total. The topological polar surface area (TPSA) is 78.9 Å². The van der Waals surface area contributed by atoms with Gasteiger partial charge in [0.15, 0.2) is 0 Å². The lowest BCUT2D eigenvalue weighted by Gasteiger charge is -2.34. The van der Waals surface area contributed by atoms with Crippen molar-refractivity contribution in [2.45, 2.75) is 51.6 Å². The number of methoxy groups -OCH3 is 1. The molecule has 1 heterocycles. The maximum Gasteiger partial charge on any atom is 0.328 e. The van der Waals surface area contributed by atoms with Gasteiger partial charge in [0.05, 0.1) is 20.3 Å². The lowest BCUT2D eigenvalue weighted by atomic mass is 10.0. The van der Waals surface area contributed by atoms with Gasteiger partial charge in [-0.25, -0.2) is 4.79 Å². The van der Waals surface area contributed by atoms with E-state index in [1.54, 1.807) is 0 Å². The molecule has 1 rings (SSSR count). The first-order valence-corrected chi connectivity index (χ1v) is 7.70. The zero-order chi connectivity index (χ0) is 15.8. The van der Waals surface area contributed by atoms with Crippen molar-refractivity contribution in [3.8, 4) is 0 Å². The molecule has 2 atom stereocenters. The van der Waals surface area contributed by atoms with Gasteiger partial charge in [0.25, 0.3) is 0 Å². The number of carbonyl (C=O) groups is 2. The van der Waals surface area contributed by atoms with Crippen molar-refractivity contribution in [2.24, 2.45) is 5.92 Å². The highest BCUT2D eigenvalue weighted by Gasteiger charge is 2.27. The van der Waals surface area contributed by atoms with Crippen molar-refractivity contribution < 1.29 is 19.4 Å². The summed E-state index contributed by atoms with van der Waals surface area (Å²) in [7, 11) is 1.33. The maximum atomic E-state index is 12.1. The summed E-state index contributed by atoms with van der Waals surface area (Å²) in [6, 6.07) is -0.550. The number of hydrogen-bond donors (Lipinski definition) is 2. The summed E-state index contributed by atoms with van der Waals surface area (Å²) < 4.78 is 4.74. The van der Waals surface area contributed by atoms with Crippen molar-refractivity contribution in [1.29, 1.82) is 0 Å². The summed E-state index contributed by atoms with van der Waals surface area (Å²) in [6.45, 7) is 5.09. The van der Waals surface area contributed by atoms with Crippen LogP contribution in [-0.2, 0) is 14.3 Å². The first-order chi connectivity index (χ1) is 9.97. The van der Waals surface area contributed by atoms with Crippen LogP contribution in [0.3, 0.4) is 0 Å². The Bertz CT molecular complexity index is 347. The minimum atomic E-state index is -0.597. The number of rotatable bonds is 7. The highest BCUT2D eigenvalue weighted by Crippen LogP contribution is 2.16. The number of likely N-dealkylation sites (tertiary alicyclic amines) is 1. The zero-order valence-electron chi connectivity index (χ0n) is 13.3. The third-order valence-corrected chi connectivity index (χ3v) is 3.83. The fourth-order valence-corrected chi connectivity index (χ4v) is 2.73. The van der Waals surface area contributed by atoms with Crippen LogP contribution >= 0.6 is 0 Å². The first-order valence-electron chi connectivity index (χ1n) is 7.70. The molecule has 2 unspecified atom stereocenters. The smallest absolute Gasteiger partial charge is 0.328 e. The molecule has 122 valence electrons. The van der Waals surface area contributed by atoms with Gasteiger partial charge in [-0.05, 0) is 31.7 Å². The van der Waals surface area contributed by atoms with Gasteiger partial charge in [0, 0.05) is 6.04 Å². The normalized spacial score (nSPS) is 21.1. The molecule has 0 spiro atoms. The Labute approximate surface area is 126 Å². The van der Waals surface area contributed by atoms with E-state index in [1.165, 1.54) is 7.11 Å². The molecule has 0 radical (unpaired) electrons. The van der Waals surface area contributed by atoms with E-state index in [0.29, 0.717) is 6.42 Å². The third kappa shape index (κ3) is 6.01. The summed E-state index contributed by atoms with van der Waals surface area (Å²) in [5.74, 6) is -0.310. The highest BCUT2D eigenvalue weighted by molar-refractivity contribution is 5.85. The Morgan fingerprint density at radius 3 is 2.67 bits per heavy atom. The second-order valence-electron chi connectivity index (χ2n) is 6.08. The van der Waals surface area contributed by atoms with E-state index in [1.807, 2.05) is 18.7 Å². The van der Waals surface area contributed by atoms with E-state index >= 15 is 0 Å². The molecule has 1 fully saturated rings. The fraction of sp³-hybridized carbons (Fsp3) is 0.867. The molecule has 0 aliphatic carbocycles. The average molecular weight is 300 g/mol. The third-order valence-electron chi connectivity index (χ3n) is 3.83. The van der Waals surface area contributed by atoms with Crippen LogP contribution in [0.2, 0.25) is 0 Å². The Morgan fingerprint density at radius 2 is 2.10 bits per heavy atom. The van der Waals surface area contributed by atoms with Crippen molar-refractivity contribution in [2.75, 3.05) is 26.8 Å². The number of aliphatic hydroxyl groups excluding tert-OH is 1. The number of nitrogens with one attached hydrogen (secondary N) is 1. The van der Waals surface area contributed by atoms with Crippen molar-refractivity contribution in [3.05, 3.63) is 0 Å². The van der Waals surface area contributed by atoms with E-state index in [9.17, 15) is 14.7 Å². The number of amides is 1. The van der Waals surface area contributed by atoms with Crippen LogP contribution in [-0.4, -0.2) is 60.8 Å². The van der Waals surface area contributed by atoms with Gasteiger partial charge in [-0.1, -0.05) is 20.3 Å². The minimum absolute atomic E-state index is 0.0474. The van der Waals surface area contributed by atoms with E-state index in [4.69, 9.17) is 4.74 Å². The number of esters is 1. The molecule has 6 heteroatoms. The fourth-order valence-electron chi connectivity index (χ4n) is 2.73. The molecular formula is C15H28N2O4. The maximum absolute atomic E-state index is 12.1. The second kappa shape index (κ2) is 9.00. The Kier molecular flexibility index (Phi) is 7.67. The average Bonchev–Trinajstić information content (AvgIpc) is 2.45. The Morgan fingerprint density at radius 1 is 1.38 bits per heavy atom. The van der Waals surface area contributed by atoms with E-state index in [0.717, 1.165) is 25.8 Å². The highest BCUT2D eigenvalue weighted by atomic mass is 16.5. The monoisotopic (exact) mass is 300 g/mol. The number of ether oxygens (including phenoxy) is 1. The number of nitrogens with zero attached hydrogens (tertiary/aromatic N) is 1. The largest absolute Gasteiger partial charge is 0.467 e. The van der Waals surface area contributed by atoms with Gasteiger partial charge in [0.2, 0.25) is 5.91 Å². The van der Waals surface area contributed by atoms with Crippen LogP contribution in [0.5, 0.6) is 0 Å². The molecule has 0 aromatic carbocycles. The van der Waals surface area contributed by atoms with E-state index < -0.39 is 12.0 Å². The van der Waals surface area contributed by atoms with Crippen molar-refractivity contribution in [1.82, 2.24) is 10.2 Å². The predicted molar refractivity (Wildman–Crippen MR) is 79.7 cm³/mol. The molecule has 1 saturated heterocycles. The molecule has 0 saturated carbocycles. The quantitative estimate of drug-likeness (QED) is 0.671. The molecule has 0 aromatic heterocycles. The molecule has 2 N–H and O–H groups in total. The van der Waals surface area contributed by atoms with Gasteiger partial charge < -0.3 is 15.2 Å². The van der Waals surface area contributed by atoms with Crippen molar-refractivity contribution in [3.63, 3.8) is 0 Å². The van der Waals surface area contributed by atoms with Crippen molar-refractivity contribution >= 4 is 11.9 Å². The molecule has 1 aliphatic heterocycles. The van der Waals surface area contributed by atoms with Crippen LogP contribution in [0.1, 0.15) is 39.5 Å². The van der Waals surface area contributed by atoms with Crippen LogP contribution in [0, 0.1) is 5.92 Å². The molecule has 1 amide bonds. The lowest BCUT2D eigenvalue weighted by Crippen LogP contribution is -2.50. The Hall–Kier alpha value is -1.14. The molecule has 21 heavy (non-hydrogen) atoms. The van der Waals surface area contributed by atoms with Gasteiger partial charge in [-0.15, -0.1) is 0 Å². The van der Waals surface area contributed by atoms with E-state index in [2.05, 4.69) is 5.32 Å². The van der Waals surface area contributed by atoms with Crippen LogP contribution in [0.25, 0.3) is 0 Å². The van der Waals surface area contributed by atoms with E-state index in [-0.39, 0.29) is 31.0 Å². The van der Waals surface area contributed by atoms with Crippen LogP contribution in [0.4, 0.5) is 0 Å². The number of carbonyl (C=O) groups excluding carboxylic acids is 2. The summed E-state index contributed by atoms with van der Waals surface area (Å²) in [5, 5.41) is 12.1. The Balaban J connectivity index is 2.54. The zero-order valence-corrected chi connectivity index (χ0v) is 13.3. The van der Waals surface area contributed by atoms with Gasteiger partial charge >= 0.3 is 5.97 Å². The SMILES string of the molecule is COC(=O)C(CC(C)C)NC(=O)CN1CCCCC1CO. The van der Waals surface area contributed by atoms with Gasteiger partial charge in [-0.3, -0.25) is 9.69 Å². The number of hydrogen-bond acceptors (Lipinski definition) is 5. The first kappa shape index (κ1) is 17.9. The molecule has 0 aromatic rings. The number of aliphatic hydroxyl groups is 1. The van der Waals surface area contributed by atoms with Crippen LogP contribution < -0.4 is 5.32 Å².